The monoisotopic (exact) mass is 237 g/mol. The van der Waals surface area contributed by atoms with E-state index in [1.807, 2.05) is 42.3 Å². The average Bonchev–Trinajstić information content (AvgIpc) is 1.97. The molecule has 0 bridgehead atoms. The highest BCUT2D eigenvalue weighted by Crippen LogP contribution is 2.54. The van der Waals surface area contributed by atoms with Crippen molar-refractivity contribution in [3.63, 3.8) is 0 Å². The highest BCUT2D eigenvalue weighted by atomic mass is 32.1. The topological polar surface area (TPSA) is 48.1 Å². The maximum Gasteiger partial charge on any atom is 0.192 e. The van der Waals surface area contributed by atoms with Gasteiger partial charge in [0.1, 0.15) is 0 Å². The molecule has 2 N–H and O–H groups in total. The van der Waals surface area contributed by atoms with Gasteiger partial charge in [-0.15, -0.1) is 0 Å². The summed E-state index contributed by atoms with van der Waals surface area (Å²) in [4.78, 5) is 0. The van der Waals surface area contributed by atoms with Crippen LogP contribution in [0.1, 0.15) is 0 Å². The standard InChI is InChI=1S/C7H20N5PS/c1-10(2)13(11(3)4,12(5)6)9-7(8)14/h1-6H3,(H2,8,14). The molecule has 0 spiro atoms. The second-order valence-electron chi connectivity index (χ2n) is 3.52. The van der Waals surface area contributed by atoms with E-state index in [0.29, 0.717) is 0 Å². The molecule has 0 aromatic carbocycles. The Morgan fingerprint density at radius 2 is 1.29 bits per heavy atom. The van der Waals surface area contributed by atoms with E-state index in [0.717, 1.165) is 0 Å². The van der Waals surface area contributed by atoms with Gasteiger partial charge in [-0.05, 0) is 54.5 Å². The van der Waals surface area contributed by atoms with Gasteiger partial charge in [0.15, 0.2) is 12.6 Å². The van der Waals surface area contributed by atoms with E-state index in [4.69, 9.17) is 18.0 Å². The van der Waals surface area contributed by atoms with Gasteiger partial charge < -0.3 is 5.73 Å². The van der Waals surface area contributed by atoms with Gasteiger partial charge in [0.25, 0.3) is 0 Å². The number of nitrogens with zero attached hydrogens (tertiary/aromatic N) is 4. The Morgan fingerprint density at radius 1 is 1.00 bits per heavy atom. The molecule has 14 heavy (non-hydrogen) atoms. The minimum absolute atomic E-state index is 0.203. The molecule has 0 fully saturated rings. The first-order valence-electron chi connectivity index (χ1n) is 4.20. The van der Waals surface area contributed by atoms with Crippen molar-refractivity contribution in [1.82, 2.24) is 14.0 Å². The van der Waals surface area contributed by atoms with E-state index in [2.05, 4.69) is 18.8 Å². The zero-order chi connectivity index (χ0) is 11.5. The molecule has 0 atom stereocenters. The van der Waals surface area contributed by atoms with E-state index in [9.17, 15) is 0 Å². The first kappa shape index (κ1) is 14.0. The Balaban J connectivity index is 5.51. The SMILES string of the molecule is CN(C)P(=NC(N)=S)(N(C)C)N(C)C. The fourth-order valence-electron chi connectivity index (χ4n) is 1.47. The third-order valence-corrected chi connectivity index (χ3v) is 5.77. The molecule has 5 nitrogen and oxygen atoms in total. The second-order valence-corrected chi connectivity index (χ2v) is 7.61. The van der Waals surface area contributed by atoms with Gasteiger partial charge in [-0.1, -0.05) is 0 Å². The van der Waals surface area contributed by atoms with E-state index in [-0.39, 0.29) is 5.11 Å². The van der Waals surface area contributed by atoms with Gasteiger partial charge in [-0.25, -0.2) is 0 Å². The van der Waals surface area contributed by atoms with Crippen LogP contribution in [0.4, 0.5) is 0 Å². The predicted molar refractivity (Wildman–Crippen MR) is 67.2 cm³/mol. The van der Waals surface area contributed by atoms with Crippen LogP contribution in [0, 0.1) is 0 Å². The van der Waals surface area contributed by atoms with Gasteiger partial charge in [0.05, 0.1) is 0 Å². The van der Waals surface area contributed by atoms with E-state index >= 15 is 0 Å². The summed E-state index contributed by atoms with van der Waals surface area (Å²) in [5.41, 5.74) is 5.50. The van der Waals surface area contributed by atoms with Crippen molar-refractivity contribution in [2.24, 2.45) is 10.5 Å². The second kappa shape index (κ2) is 5.19. The van der Waals surface area contributed by atoms with Crippen molar-refractivity contribution in [1.29, 1.82) is 0 Å². The highest BCUT2D eigenvalue weighted by molar-refractivity contribution is 7.80. The summed E-state index contributed by atoms with van der Waals surface area (Å²) in [6.07, 6.45) is 0. The molecule has 0 unspecified atom stereocenters. The molecule has 0 aliphatic carbocycles. The normalized spacial score (nSPS) is 12.6. The molecule has 0 rings (SSSR count). The van der Waals surface area contributed by atoms with Crippen LogP contribution in [0.15, 0.2) is 4.74 Å². The summed E-state index contributed by atoms with van der Waals surface area (Å²) in [6, 6.07) is 0. The number of thiocarbonyl (C=S) groups is 1. The zero-order valence-electron chi connectivity index (χ0n) is 9.72. The Bertz CT molecular complexity index is 232. The molecule has 0 aliphatic heterocycles. The maximum atomic E-state index is 5.50. The van der Waals surface area contributed by atoms with Crippen LogP contribution in [-0.4, -0.2) is 61.4 Å². The first-order valence-corrected chi connectivity index (χ1v) is 6.21. The zero-order valence-corrected chi connectivity index (χ0v) is 11.4. The lowest BCUT2D eigenvalue weighted by atomic mass is 11.2. The molecular formula is C7H20N5PS. The lowest BCUT2D eigenvalue weighted by molar-refractivity contribution is 0.475. The van der Waals surface area contributed by atoms with Crippen LogP contribution in [0.5, 0.6) is 0 Å². The number of rotatable bonds is 3. The van der Waals surface area contributed by atoms with Crippen molar-refractivity contribution in [2.45, 2.75) is 0 Å². The summed E-state index contributed by atoms with van der Waals surface area (Å²) in [5, 5.41) is 0.203. The third-order valence-electron chi connectivity index (χ3n) is 1.84. The largest absolute Gasteiger partial charge is 0.374 e. The number of nitrogens with two attached hydrogens (primary N) is 1. The molecule has 0 radical (unpaired) electrons. The van der Waals surface area contributed by atoms with Gasteiger partial charge in [0.2, 0.25) is 0 Å². The van der Waals surface area contributed by atoms with Gasteiger partial charge in [-0.2, -0.15) is 4.74 Å². The lowest BCUT2D eigenvalue weighted by Gasteiger charge is -2.40. The number of hydrogen-bond acceptors (Lipinski definition) is 1. The molecule has 0 aliphatic rings. The predicted octanol–water partition coefficient (Wildman–Crippen LogP) is 0.861. The van der Waals surface area contributed by atoms with Crippen LogP contribution in [0.3, 0.4) is 0 Å². The van der Waals surface area contributed by atoms with Crippen LogP contribution < -0.4 is 5.73 Å². The summed E-state index contributed by atoms with van der Waals surface area (Å²) >= 11 is 4.86. The summed E-state index contributed by atoms with van der Waals surface area (Å²) < 4.78 is 10.6. The Hall–Kier alpha value is -0.0000000000000000139. The Kier molecular flexibility index (Phi) is 5.19. The molecule has 0 saturated carbocycles. The lowest BCUT2D eigenvalue weighted by Crippen LogP contribution is -2.31. The quantitative estimate of drug-likeness (QED) is 0.583. The smallest absolute Gasteiger partial charge is 0.192 e. The van der Waals surface area contributed by atoms with Gasteiger partial charge in [0, 0.05) is 0 Å². The van der Waals surface area contributed by atoms with E-state index in [1.165, 1.54) is 0 Å². The van der Waals surface area contributed by atoms with Crippen molar-refractivity contribution < 1.29 is 0 Å². The molecule has 0 heterocycles. The van der Waals surface area contributed by atoms with Crippen LogP contribution in [0.2, 0.25) is 0 Å². The Morgan fingerprint density at radius 3 is 1.36 bits per heavy atom. The van der Waals surface area contributed by atoms with Crippen molar-refractivity contribution in [2.75, 3.05) is 42.3 Å². The minimum atomic E-state index is -1.91. The van der Waals surface area contributed by atoms with E-state index in [1.54, 1.807) is 0 Å². The summed E-state index contributed by atoms with van der Waals surface area (Å²) in [6.45, 7) is 0. The fourth-order valence-corrected chi connectivity index (χ4v) is 4.75. The van der Waals surface area contributed by atoms with E-state index < -0.39 is 7.51 Å². The molecular weight excluding hydrogens is 217 g/mol. The molecule has 0 aromatic heterocycles. The first-order chi connectivity index (χ1) is 6.25. The highest BCUT2D eigenvalue weighted by Gasteiger charge is 2.28. The minimum Gasteiger partial charge on any atom is -0.374 e. The third kappa shape index (κ3) is 2.74. The molecule has 7 heteroatoms. The maximum absolute atomic E-state index is 5.50. The van der Waals surface area contributed by atoms with Crippen molar-refractivity contribution in [3.05, 3.63) is 0 Å². The van der Waals surface area contributed by atoms with Crippen LogP contribution in [0.25, 0.3) is 0 Å². The summed E-state index contributed by atoms with van der Waals surface area (Å²) in [7, 11) is 9.98. The Labute approximate surface area is 92.1 Å². The van der Waals surface area contributed by atoms with Crippen molar-refractivity contribution in [3.8, 4) is 0 Å². The molecule has 0 amide bonds. The molecule has 84 valence electrons. The fraction of sp³-hybridized carbons (Fsp3) is 0.857. The van der Waals surface area contributed by atoms with Gasteiger partial charge in [-0.3, -0.25) is 14.0 Å². The molecule has 0 aromatic rings. The summed E-state index contributed by atoms with van der Waals surface area (Å²) in [5.74, 6) is 0. The van der Waals surface area contributed by atoms with Crippen LogP contribution >= 0.6 is 19.7 Å². The van der Waals surface area contributed by atoms with Gasteiger partial charge >= 0.3 is 0 Å². The molecule has 0 saturated heterocycles. The number of hydrogen-bond donors (Lipinski definition) is 1. The van der Waals surface area contributed by atoms with Crippen molar-refractivity contribution >= 4 is 24.8 Å². The average molecular weight is 237 g/mol. The van der Waals surface area contributed by atoms with Crippen LogP contribution in [-0.2, 0) is 0 Å².